The monoisotopic (exact) mass is 163 g/mol. The molecule has 5 heteroatoms. The Bertz CT molecular complexity index is 246. The maximum atomic E-state index is 10.1. The number of aromatic carboxylic acids is 1. The van der Waals surface area contributed by atoms with Gasteiger partial charge in [0.1, 0.15) is 12.2 Å². The van der Waals surface area contributed by atoms with Gasteiger partial charge in [-0.25, -0.2) is 4.98 Å². The number of carboxylic acid groups (broad SMARTS) is 1. The van der Waals surface area contributed by atoms with Crippen LogP contribution in [0.3, 0.4) is 0 Å². The van der Waals surface area contributed by atoms with E-state index in [-0.39, 0.29) is 35.4 Å². The van der Waals surface area contributed by atoms with Crippen molar-refractivity contribution >= 4 is 5.97 Å². The first-order chi connectivity index (χ1) is 4.74. The van der Waals surface area contributed by atoms with E-state index in [0.717, 1.165) is 0 Å². The van der Waals surface area contributed by atoms with Crippen molar-refractivity contribution in [2.75, 3.05) is 0 Å². The summed E-state index contributed by atoms with van der Waals surface area (Å²) in [6.45, 7) is 1.86. The van der Waals surface area contributed by atoms with Gasteiger partial charge in [0, 0.05) is 0 Å². The number of aromatic nitrogens is 1. The van der Waals surface area contributed by atoms with Gasteiger partial charge < -0.3 is 14.3 Å². The zero-order chi connectivity index (χ0) is 7.56. The Morgan fingerprint density at radius 1 is 1.82 bits per heavy atom. The van der Waals surface area contributed by atoms with Crippen molar-refractivity contribution in [1.29, 1.82) is 0 Å². The van der Waals surface area contributed by atoms with E-state index in [1.54, 1.807) is 0 Å². The van der Waals surface area contributed by atoms with Crippen LogP contribution in [0.5, 0.6) is 0 Å². The summed E-state index contributed by atoms with van der Waals surface area (Å²) in [5.41, 5.74) is 0.624. The average molecular weight is 163 g/mol. The molecule has 0 bridgehead atoms. The molecule has 54 valence electrons. The Labute approximate surface area is 85.9 Å². The number of aryl methyl sites for hydroxylation is 1. The predicted molar refractivity (Wildman–Crippen MR) is 30.2 cm³/mol. The molecule has 0 aliphatic rings. The van der Waals surface area contributed by atoms with Crippen LogP contribution in [0.2, 0.25) is 0 Å². The van der Waals surface area contributed by atoms with Crippen molar-refractivity contribution in [3.63, 3.8) is 0 Å². The molecule has 0 spiro atoms. The zero-order valence-electron chi connectivity index (χ0n) is 6.46. The molecule has 0 aliphatic carbocycles. The van der Waals surface area contributed by atoms with E-state index in [2.05, 4.69) is 9.40 Å². The normalized spacial score (nSPS) is 8.82. The number of oxazole rings is 1. The molecule has 0 saturated heterocycles. The summed E-state index contributed by atoms with van der Waals surface area (Å²) in [6.07, 6.45) is 1.97. The summed E-state index contributed by atoms with van der Waals surface area (Å²) in [6, 6.07) is 0. The van der Waals surface area contributed by atoms with Crippen LogP contribution < -0.4 is 34.7 Å². The number of hydrogen-bond acceptors (Lipinski definition) is 4. The molecule has 0 saturated carbocycles. The summed E-state index contributed by atoms with van der Waals surface area (Å²) < 4.78 is 4.54. The molecule has 11 heavy (non-hydrogen) atoms. The van der Waals surface area contributed by atoms with Gasteiger partial charge in [0.2, 0.25) is 5.89 Å². The number of nitrogens with zero attached hydrogens (tertiary/aromatic N) is 1. The Morgan fingerprint density at radius 3 is 2.73 bits per heavy atom. The first-order valence-corrected chi connectivity index (χ1v) is 2.89. The predicted octanol–water partition coefficient (Wildman–Crippen LogP) is -3.40. The molecule has 0 atom stereocenters. The third-order valence-electron chi connectivity index (χ3n) is 1.09. The minimum absolute atomic E-state index is 0. The Kier molecular flexibility index (Phi) is 4.40. The summed E-state index contributed by atoms with van der Waals surface area (Å²) >= 11 is 0. The van der Waals surface area contributed by atoms with Crippen molar-refractivity contribution in [2.24, 2.45) is 0 Å². The number of hydrogen-bond donors (Lipinski definition) is 0. The van der Waals surface area contributed by atoms with Crippen LogP contribution in [0.1, 0.15) is 23.3 Å². The van der Waals surface area contributed by atoms with Gasteiger partial charge in [-0.05, 0) is 6.42 Å². The van der Waals surface area contributed by atoms with Crippen molar-refractivity contribution in [2.45, 2.75) is 13.3 Å². The molecular formula is C6H6NNaO3. The quantitative estimate of drug-likeness (QED) is 0.426. The third-order valence-corrected chi connectivity index (χ3v) is 1.09. The van der Waals surface area contributed by atoms with E-state index in [9.17, 15) is 9.90 Å². The molecule has 1 aromatic rings. The largest absolute Gasteiger partial charge is 1.00 e. The maximum Gasteiger partial charge on any atom is 1.00 e. The molecular weight excluding hydrogens is 157 g/mol. The van der Waals surface area contributed by atoms with Crippen LogP contribution in [-0.2, 0) is 6.42 Å². The van der Waals surface area contributed by atoms with Crippen LogP contribution in [0.15, 0.2) is 10.7 Å². The molecule has 0 amide bonds. The van der Waals surface area contributed by atoms with Gasteiger partial charge in [-0.3, -0.25) is 0 Å². The summed E-state index contributed by atoms with van der Waals surface area (Å²) in [7, 11) is 0. The van der Waals surface area contributed by atoms with Crippen LogP contribution in [0.25, 0.3) is 0 Å². The fraction of sp³-hybridized carbons (Fsp3) is 0.333. The topological polar surface area (TPSA) is 66.2 Å². The van der Waals surface area contributed by atoms with Gasteiger partial charge in [-0.1, -0.05) is 6.92 Å². The van der Waals surface area contributed by atoms with Gasteiger partial charge in [0.25, 0.3) is 0 Å². The summed E-state index contributed by atoms with van der Waals surface area (Å²) in [4.78, 5) is 13.7. The van der Waals surface area contributed by atoms with E-state index < -0.39 is 5.97 Å². The van der Waals surface area contributed by atoms with Gasteiger partial charge in [0.15, 0.2) is 0 Å². The van der Waals surface area contributed by atoms with Gasteiger partial charge in [0.05, 0.1) is 5.69 Å². The minimum atomic E-state index is -1.38. The van der Waals surface area contributed by atoms with E-state index in [0.29, 0.717) is 12.1 Å². The van der Waals surface area contributed by atoms with Gasteiger partial charge in [-0.15, -0.1) is 0 Å². The number of rotatable bonds is 2. The van der Waals surface area contributed by atoms with E-state index >= 15 is 0 Å². The van der Waals surface area contributed by atoms with Crippen LogP contribution in [-0.4, -0.2) is 11.0 Å². The number of carbonyl (C=O) groups excluding carboxylic acids is 1. The van der Waals surface area contributed by atoms with Crippen LogP contribution in [0, 0.1) is 0 Å². The second-order valence-corrected chi connectivity index (χ2v) is 1.79. The summed E-state index contributed by atoms with van der Waals surface area (Å²) in [5, 5.41) is 10.1. The van der Waals surface area contributed by atoms with E-state index in [1.165, 1.54) is 6.26 Å². The van der Waals surface area contributed by atoms with Crippen molar-refractivity contribution in [3.8, 4) is 0 Å². The van der Waals surface area contributed by atoms with Gasteiger partial charge in [-0.2, -0.15) is 0 Å². The SMILES string of the molecule is CCc1coc(C(=O)[O-])n1.[Na+]. The fourth-order valence-corrected chi connectivity index (χ4v) is 0.563. The standard InChI is InChI=1S/C6H7NO3.Na/c1-2-4-3-10-5(7-4)6(8)9;/h3H,2H2,1H3,(H,8,9);/q;+1/p-1. The zero-order valence-corrected chi connectivity index (χ0v) is 8.46. The number of carbonyl (C=O) groups is 1. The Balaban J connectivity index is 0.000001000. The van der Waals surface area contributed by atoms with Crippen molar-refractivity contribution < 1.29 is 43.9 Å². The van der Waals surface area contributed by atoms with Crippen LogP contribution in [0.4, 0.5) is 0 Å². The molecule has 1 rings (SSSR count). The fourth-order valence-electron chi connectivity index (χ4n) is 0.563. The second-order valence-electron chi connectivity index (χ2n) is 1.79. The molecule has 0 aromatic carbocycles. The number of carboxylic acids is 1. The molecule has 0 radical (unpaired) electrons. The molecule has 0 unspecified atom stereocenters. The molecule has 1 heterocycles. The smallest absolute Gasteiger partial charge is 0.540 e. The molecule has 0 N–H and O–H groups in total. The first kappa shape index (κ1) is 10.7. The van der Waals surface area contributed by atoms with Crippen molar-refractivity contribution in [3.05, 3.63) is 17.8 Å². The second kappa shape index (κ2) is 4.54. The third kappa shape index (κ3) is 2.65. The van der Waals surface area contributed by atoms with Crippen molar-refractivity contribution in [1.82, 2.24) is 4.98 Å². The van der Waals surface area contributed by atoms with E-state index in [4.69, 9.17) is 0 Å². The van der Waals surface area contributed by atoms with E-state index in [1.807, 2.05) is 6.92 Å². The average Bonchev–Trinajstić information content (AvgIpc) is 2.34. The maximum absolute atomic E-state index is 10.1. The minimum Gasteiger partial charge on any atom is -0.540 e. The van der Waals surface area contributed by atoms with Crippen LogP contribution >= 0.6 is 0 Å². The Morgan fingerprint density at radius 2 is 2.45 bits per heavy atom. The molecule has 0 fully saturated rings. The molecule has 4 nitrogen and oxygen atoms in total. The molecule has 0 aliphatic heterocycles. The first-order valence-electron chi connectivity index (χ1n) is 2.89. The molecule has 1 aromatic heterocycles. The van der Waals surface area contributed by atoms with Gasteiger partial charge >= 0.3 is 29.6 Å². The Hall–Kier alpha value is -0.320. The summed E-state index contributed by atoms with van der Waals surface area (Å²) in [5.74, 6) is -1.73.